The van der Waals surface area contributed by atoms with Crippen molar-refractivity contribution < 1.29 is 4.79 Å². The van der Waals surface area contributed by atoms with Gasteiger partial charge >= 0.3 is 0 Å². The summed E-state index contributed by atoms with van der Waals surface area (Å²) in [5.74, 6) is -0.161. The molecule has 128 valence electrons. The Morgan fingerprint density at radius 3 is 2.88 bits per heavy atom. The molecule has 25 heavy (non-hydrogen) atoms. The molecule has 3 aromatic rings. The maximum atomic E-state index is 12.4. The molecule has 0 aliphatic carbocycles. The molecule has 1 aliphatic heterocycles. The number of thiophene rings is 1. The van der Waals surface area contributed by atoms with E-state index >= 15 is 0 Å². The van der Waals surface area contributed by atoms with Gasteiger partial charge in [0, 0.05) is 22.5 Å². The van der Waals surface area contributed by atoms with E-state index < -0.39 is 0 Å². The number of amides is 1. The molecule has 1 aliphatic rings. The summed E-state index contributed by atoms with van der Waals surface area (Å²) in [6.07, 6.45) is 3.93. The summed E-state index contributed by atoms with van der Waals surface area (Å²) in [6.45, 7) is 0. The molecule has 2 aromatic heterocycles. The number of carbonyl (C=O) groups is 1. The van der Waals surface area contributed by atoms with Gasteiger partial charge in [-0.15, -0.1) is 11.3 Å². The molecule has 1 fully saturated rings. The first kappa shape index (κ1) is 16.3. The Labute approximate surface area is 153 Å². The maximum Gasteiger partial charge on any atom is 0.255 e. The number of rotatable bonds is 4. The summed E-state index contributed by atoms with van der Waals surface area (Å²) in [7, 11) is 0. The molecule has 6 nitrogen and oxygen atoms in total. The summed E-state index contributed by atoms with van der Waals surface area (Å²) in [4.78, 5) is 13.7. The fourth-order valence-corrected chi connectivity index (χ4v) is 3.66. The molecule has 1 aromatic carbocycles. The standard InChI is InChI=1S/C17H16ClN5OS/c18-12-3-5-13(6-4-12)23-10-11(9-19-23)17(24)20-16-8-14(21-22-16)15-2-1-7-25-15/h1-7,9-10,14,16,21-22H,8H2,(H,20,24). The number of hydrogen-bond acceptors (Lipinski definition) is 5. The molecule has 0 bridgehead atoms. The van der Waals surface area contributed by atoms with Crippen molar-refractivity contribution in [1.82, 2.24) is 25.9 Å². The first-order chi connectivity index (χ1) is 12.2. The Kier molecular flexibility index (Phi) is 4.54. The van der Waals surface area contributed by atoms with Crippen LogP contribution in [0.4, 0.5) is 0 Å². The molecule has 2 atom stereocenters. The molecule has 8 heteroatoms. The van der Waals surface area contributed by atoms with Gasteiger partial charge < -0.3 is 5.32 Å². The van der Waals surface area contributed by atoms with Crippen LogP contribution >= 0.6 is 22.9 Å². The number of hydrogen-bond donors (Lipinski definition) is 3. The molecule has 0 saturated carbocycles. The molecule has 2 unspecified atom stereocenters. The minimum Gasteiger partial charge on any atom is -0.335 e. The van der Waals surface area contributed by atoms with Gasteiger partial charge in [-0.3, -0.25) is 4.79 Å². The minimum atomic E-state index is -0.161. The van der Waals surface area contributed by atoms with Crippen LogP contribution in [-0.2, 0) is 0 Å². The zero-order valence-electron chi connectivity index (χ0n) is 13.1. The largest absolute Gasteiger partial charge is 0.335 e. The number of halogens is 1. The van der Waals surface area contributed by atoms with Crippen LogP contribution in [-0.4, -0.2) is 21.9 Å². The third-order valence-electron chi connectivity index (χ3n) is 4.03. The van der Waals surface area contributed by atoms with Crippen molar-refractivity contribution in [2.24, 2.45) is 0 Å². The fourth-order valence-electron chi connectivity index (χ4n) is 2.74. The Bertz CT molecular complexity index is 862. The van der Waals surface area contributed by atoms with E-state index in [2.05, 4.69) is 27.3 Å². The van der Waals surface area contributed by atoms with Gasteiger partial charge in [0.2, 0.25) is 0 Å². The lowest BCUT2D eigenvalue weighted by Crippen LogP contribution is -2.44. The Morgan fingerprint density at radius 2 is 2.12 bits per heavy atom. The van der Waals surface area contributed by atoms with E-state index in [0.29, 0.717) is 10.6 Å². The second-order valence-electron chi connectivity index (χ2n) is 5.77. The molecule has 3 N–H and O–H groups in total. The predicted octanol–water partition coefficient (Wildman–Crippen LogP) is 2.88. The van der Waals surface area contributed by atoms with Crippen molar-refractivity contribution in [3.05, 3.63) is 69.6 Å². The first-order valence-electron chi connectivity index (χ1n) is 7.85. The lowest BCUT2D eigenvalue weighted by molar-refractivity contribution is 0.0932. The third-order valence-corrected chi connectivity index (χ3v) is 5.27. The van der Waals surface area contributed by atoms with Gasteiger partial charge in [-0.2, -0.15) is 5.10 Å². The SMILES string of the molecule is O=C(NC1CC(c2cccs2)NN1)c1cnn(-c2ccc(Cl)cc2)c1. The highest BCUT2D eigenvalue weighted by Crippen LogP contribution is 2.25. The number of nitrogens with one attached hydrogen (secondary N) is 3. The van der Waals surface area contributed by atoms with E-state index in [4.69, 9.17) is 11.6 Å². The lowest BCUT2D eigenvalue weighted by Gasteiger charge is -2.10. The molecule has 1 saturated heterocycles. The summed E-state index contributed by atoms with van der Waals surface area (Å²) in [5, 5.41) is 9.94. The van der Waals surface area contributed by atoms with Crippen molar-refractivity contribution in [3.8, 4) is 5.69 Å². The second kappa shape index (κ2) is 6.97. The zero-order chi connectivity index (χ0) is 17.2. The molecule has 4 rings (SSSR count). The Morgan fingerprint density at radius 1 is 1.28 bits per heavy atom. The third kappa shape index (κ3) is 3.59. The van der Waals surface area contributed by atoms with Crippen LogP contribution in [0.2, 0.25) is 5.02 Å². The van der Waals surface area contributed by atoms with Crippen molar-refractivity contribution in [2.75, 3.05) is 0 Å². The Hall–Kier alpha value is -2.19. The molecule has 1 amide bonds. The summed E-state index contributed by atoms with van der Waals surface area (Å²) >= 11 is 7.59. The lowest BCUT2D eigenvalue weighted by atomic mass is 10.1. The van der Waals surface area contributed by atoms with Crippen molar-refractivity contribution in [2.45, 2.75) is 18.6 Å². The van der Waals surface area contributed by atoms with Gasteiger partial charge in [0.1, 0.15) is 0 Å². The van der Waals surface area contributed by atoms with Gasteiger partial charge in [0.05, 0.1) is 29.7 Å². The zero-order valence-corrected chi connectivity index (χ0v) is 14.7. The number of aromatic nitrogens is 2. The normalized spacial score (nSPS) is 19.9. The molecule has 0 spiro atoms. The van der Waals surface area contributed by atoms with E-state index in [1.54, 1.807) is 40.5 Å². The average molecular weight is 374 g/mol. The van der Waals surface area contributed by atoms with Gasteiger partial charge in [0.25, 0.3) is 5.91 Å². The average Bonchev–Trinajstić information content (AvgIpc) is 3.36. The van der Waals surface area contributed by atoms with E-state index in [-0.39, 0.29) is 18.1 Å². The second-order valence-corrected chi connectivity index (χ2v) is 7.18. The van der Waals surface area contributed by atoms with E-state index in [1.807, 2.05) is 23.6 Å². The summed E-state index contributed by atoms with van der Waals surface area (Å²) in [6, 6.07) is 11.6. The van der Waals surface area contributed by atoms with Gasteiger partial charge in [-0.05, 0) is 35.7 Å². The monoisotopic (exact) mass is 373 g/mol. The van der Waals surface area contributed by atoms with Crippen LogP contribution in [0.25, 0.3) is 5.69 Å². The highest BCUT2D eigenvalue weighted by molar-refractivity contribution is 7.10. The number of nitrogens with zero attached hydrogens (tertiary/aromatic N) is 2. The van der Waals surface area contributed by atoms with Gasteiger partial charge in [-0.25, -0.2) is 15.5 Å². The number of benzene rings is 1. The van der Waals surface area contributed by atoms with Gasteiger partial charge in [0.15, 0.2) is 0 Å². The number of hydrazine groups is 1. The quantitative estimate of drug-likeness (QED) is 0.657. The first-order valence-corrected chi connectivity index (χ1v) is 9.11. The van der Waals surface area contributed by atoms with Gasteiger partial charge in [-0.1, -0.05) is 17.7 Å². The van der Waals surface area contributed by atoms with Crippen molar-refractivity contribution >= 4 is 28.8 Å². The topological polar surface area (TPSA) is 71.0 Å². The van der Waals surface area contributed by atoms with Crippen LogP contribution in [0.1, 0.15) is 27.7 Å². The molecular formula is C17H16ClN5OS. The van der Waals surface area contributed by atoms with Crippen LogP contribution in [0.5, 0.6) is 0 Å². The maximum absolute atomic E-state index is 12.4. The van der Waals surface area contributed by atoms with Crippen molar-refractivity contribution in [1.29, 1.82) is 0 Å². The highest BCUT2D eigenvalue weighted by atomic mass is 35.5. The van der Waals surface area contributed by atoms with E-state index in [0.717, 1.165) is 12.1 Å². The molecule has 0 radical (unpaired) electrons. The van der Waals surface area contributed by atoms with E-state index in [1.165, 1.54) is 4.88 Å². The molecule has 3 heterocycles. The summed E-state index contributed by atoms with van der Waals surface area (Å²) < 4.78 is 1.65. The van der Waals surface area contributed by atoms with Crippen LogP contribution in [0.3, 0.4) is 0 Å². The minimum absolute atomic E-state index is 0.126. The van der Waals surface area contributed by atoms with Crippen molar-refractivity contribution in [3.63, 3.8) is 0 Å². The fraction of sp³-hybridized carbons (Fsp3) is 0.176. The molecular weight excluding hydrogens is 358 g/mol. The number of carbonyl (C=O) groups excluding carboxylic acids is 1. The highest BCUT2D eigenvalue weighted by Gasteiger charge is 2.27. The van der Waals surface area contributed by atoms with Crippen LogP contribution in [0.15, 0.2) is 54.2 Å². The van der Waals surface area contributed by atoms with Crippen LogP contribution in [0, 0.1) is 0 Å². The van der Waals surface area contributed by atoms with Crippen LogP contribution < -0.4 is 16.2 Å². The Balaban J connectivity index is 1.40. The summed E-state index contributed by atoms with van der Waals surface area (Å²) in [5.41, 5.74) is 7.70. The smallest absolute Gasteiger partial charge is 0.255 e. The predicted molar refractivity (Wildman–Crippen MR) is 97.8 cm³/mol. The van der Waals surface area contributed by atoms with E-state index in [9.17, 15) is 4.79 Å².